The summed E-state index contributed by atoms with van der Waals surface area (Å²) in [5.74, 6) is 0.317. The Balaban J connectivity index is 2.08. The van der Waals surface area contributed by atoms with Crippen LogP contribution in [0.2, 0.25) is 0 Å². The van der Waals surface area contributed by atoms with Crippen LogP contribution in [-0.4, -0.2) is 46.0 Å². The Labute approximate surface area is 150 Å². The van der Waals surface area contributed by atoms with Gasteiger partial charge in [0.2, 0.25) is 5.91 Å². The second kappa shape index (κ2) is 8.37. The van der Waals surface area contributed by atoms with Crippen LogP contribution < -0.4 is 0 Å². The summed E-state index contributed by atoms with van der Waals surface area (Å²) < 4.78 is 0. The molecular weight excluding hydrogens is 316 g/mol. The molecular formula is C20H30N2O3. The molecule has 2 rings (SSSR count). The van der Waals surface area contributed by atoms with Gasteiger partial charge in [0, 0.05) is 25.7 Å². The van der Waals surface area contributed by atoms with Crippen molar-refractivity contribution in [3.63, 3.8) is 0 Å². The zero-order valence-electron chi connectivity index (χ0n) is 15.7. The molecule has 1 N–H and O–H groups in total. The summed E-state index contributed by atoms with van der Waals surface area (Å²) in [6, 6.07) is 8.49. The lowest BCUT2D eigenvalue weighted by Crippen LogP contribution is -2.48. The molecule has 1 atom stereocenters. The molecule has 5 heteroatoms. The molecule has 1 aliphatic heterocycles. The summed E-state index contributed by atoms with van der Waals surface area (Å²) in [5, 5.41) is 9.19. The van der Waals surface area contributed by atoms with Crippen LogP contribution in [0, 0.1) is 5.92 Å². The zero-order chi connectivity index (χ0) is 18.6. The number of benzene rings is 1. The van der Waals surface area contributed by atoms with Crippen LogP contribution in [0.5, 0.6) is 0 Å². The van der Waals surface area contributed by atoms with Gasteiger partial charge in [0.15, 0.2) is 0 Å². The van der Waals surface area contributed by atoms with Gasteiger partial charge in [-0.2, -0.15) is 0 Å². The van der Waals surface area contributed by atoms with Gasteiger partial charge < -0.3 is 14.9 Å². The first-order valence-electron chi connectivity index (χ1n) is 9.16. The Bertz CT molecular complexity index is 595. The van der Waals surface area contributed by atoms with E-state index in [1.807, 2.05) is 18.7 Å². The number of carboxylic acid groups (broad SMARTS) is 1. The molecule has 0 spiro atoms. The van der Waals surface area contributed by atoms with Gasteiger partial charge in [-0.05, 0) is 43.7 Å². The fourth-order valence-electron chi connectivity index (χ4n) is 3.31. The van der Waals surface area contributed by atoms with Gasteiger partial charge in [0.05, 0.1) is 5.92 Å². The first-order chi connectivity index (χ1) is 11.8. The van der Waals surface area contributed by atoms with Gasteiger partial charge in [-0.1, -0.05) is 38.1 Å². The molecule has 1 aromatic rings. The van der Waals surface area contributed by atoms with E-state index in [9.17, 15) is 14.7 Å². The standard InChI is InChI=1S/C20H30N2O3/c1-14(2)17-9-7-16(8-10-17)12-22(15(3)4)19(23)18-6-5-11-21(13-18)20(24)25/h7-10,14-15,18H,5-6,11-13H2,1-4H3,(H,24,25)/t18-/m0/s1. The highest BCUT2D eigenvalue weighted by Gasteiger charge is 2.32. The molecule has 2 amide bonds. The average Bonchev–Trinajstić information content (AvgIpc) is 2.59. The molecule has 1 fully saturated rings. The summed E-state index contributed by atoms with van der Waals surface area (Å²) in [7, 11) is 0. The topological polar surface area (TPSA) is 60.9 Å². The number of carbonyl (C=O) groups is 2. The first-order valence-corrected chi connectivity index (χ1v) is 9.16. The molecule has 1 aliphatic rings. The molecule has 25 heavy (non-hydrogen) atoms. The lowest BCUT2D eigenvalue weighted by atomic mass is 9.95. The van der Waals surface area contributed by atoms with Crippen LogP contribution in [0.4, 0.5) is 4.79 Å². The third kappa shape index (κ3) is 4.97. The van der Waals surface area contributed by atoms with Crippen molar-refractivity contribution in [1.29, 1.82) is 0 Å². The fourth-order valence-corrected chi connectivity index (χ4v) is 3.31. The lowest BCUT2D eigenvalue weighted by Gasteiger charge is -2.35. The van der Waals surface area contributed by atoms with E-state index in [2.05, 4.69) is 38.1 Å². The SMILES string of the molecule is CC(C)c1ccc(CN(C(=O)[C@H]2CCCN(C(=O)O)C2)C(C)C)cc1. The summed E-state index contributed by atoms with van der Waals surface area (Å²) in [6.07, 6.45) is 0.577. The highest BCUT2D eigenvalue weighted by molar-refractivity contribution is 5.80. The molecule has 0 aromatic heterocycles. The van der Waals surface area contributed by atoms with E-state index >= 15 is 0 Å². The number of carbonyl (C=O) groups excluding carboxylic acids is 1. The summed E-state index contributed by atoms with van der Waals surface area (Å²) in [6.45, 7) is 9.75. The second-order valence-electron chi connectivity index (χ2n) is 7.52. The van der Waals surface area contributed by atoms with Crippen molar-refractivity contribution in [2.45, 2.75) is 59.0 Å². The second-order valence-corrected chi connectivity index (χ2v) is 7.52. The Morgan fingerprint density at radius 2 is 1.84 bits per heavy atom. The molecule has 0 radical (unpaired) electrons. The summed E-state index contributed by atoms with van der Waals surface area (Å²) in [4.78, 5) is 27.4. The minimum Gasteiger partial charge on any atom is -0.465 e. The number of amides is 2. The summed E-state index contributed by atoms with van der Waals surface area (Å²) >= 11 is 0. The fraction of sp³-hybridized carbons (Fsp3) is 0.600. The number of rotatable bonds is 5. The van der Waals surface area contributed by atoms with E-state index in [1.54, 1.807) is 0 Å². The quantitative estimate of drug-likeness (QED) is 0.878. The molecule has 0 saturated carbocycles. The minimum absolute atomic E-state index is 0.0638. The van der Waals surface area contributed by atoms with E-state index in [0.717, 1.165) is 18.4 Å². The molecule has 0 bridgehead atoms. The average molecular weight is 346 g/mol. The third-order valence-corrected chi connectivity index (χ3v) is 4.95. The molecule has 0 aliphatic carbocycles. The van der Waals surface area contributed by atoms with E-state index in [0.29, 0.717) is 25.6 Å². The van der Waals surface area contributed by atoms with Gasteiger partial charge >= 0.3 is 6.09 Å². The van der Waals surface area contributed by atoms with E-state index in [4.69, 9.17) is 0 Å². The van der Waals surface area contributed by atoms with Crippen LogP contribution in [-0.2, 0) is 11.3 Å². The smallest absolute Gasteiger partial charge is 0.407 e. The Morgan fingerprint density at radius 3 is 2.36 bits per heavy atom. The number of nitrogens with zero attached hydrogens (tertiary/aromatic N) is 2. The van der Waals surface area contributed by atoms with Crippen molar-refractivity contribution < 1.29 is 14.7 Å². The first kappa shape index (κ1) is 19.3. The van der Waals surface area contributed by atoms with Gasteiger partial charge in [-0.25, -0.2) is 4.79 Å². The van der Waals surface area contributed by atoms with Crippen LogP contribution >= 0.6 is 0 Å². The van der Waals surface area contributed by atoms with Gasteiger partial charge in [0.25, 0.3) is 0 Å². The van der Waals surface area contributed by atoms with Crippen molar-refractivity contribution >= 4 is 12.0 Å². The van der Waals surface area contributed by atoms with Crippen molar-refractivity contribution in [2.75, 3.05) is 13.1 Å². The maximum atomic E-state index is 13.0. The van der Waals surface area contributed by atoms with Crippen molar-refractivity contribution in [2.24, 2.45) is 5.92 Å². The number of hydrogen-bond donors (Lipinski definition) is 1. The number of likely N-dealkylation sites (tertiary alicyclic amines) is 1. The van der Waals surface area contributed by atoms with Crippen LogP contribution in [0.1, 0.15) is 57.6 Å². The van der Waals surface area contributed by atoms with Gasteiger partial charge in [0.1, 0.15) is 0 Å². The number of piperidine rings is 1. The van der Waals surface area contributed by atoms with E-state index in [-0.39, 0.29) is 17.9 Å². The highest BCUT2D eigenvalue weighted by Crippen LogP contribution is 2.22. The van der Waals surface area contributed by atoms with Gasteiger partial charge in [-0.15, -0.1) is 0 Å². The lowest BCUT2D eigenvalue weighted by molar-refractivity contribution is -0.139. The van der Waals surface area contributed by atoms with Crippen LogP contribution in [0.3, 0.4) is 0 Å². The molecule has 1 saturated heterocycles. The highest BCUT2D eigenvalue weighted by atomic mass is 16.4. The predicted molar refractivity (Wildman–Crippen MR) is 98.5 cm³/mol. The molecule has 1 heterocycles. The largest absolute Gasteiger partial charge is 0.465 e. The van der Waals surface area contributed by atoms with Crippen molar-refractivity contribution in [3.05, 3.63) is 35.4 Å². The Hall–Kier alpha value is -2.04. The zero-order valence-corrected chi connectivity index (χ0v) is 15.7. The molecule has 5 nitrogen and oxygen atoms in total. The molecule has 0 unspecified atom stereocenters. The van der Waals surface area contributed by atoms with E-state index in [1.165, 1.54) is 10.5 Å². The minimum atomic E-state index is -0.933. The predicted octanol–water partition coefficient (Wildman–Crippen LogP) is 3.94. The third-order valence-electron chi connectivity index (χ3n) is 4.95. The maximum Gasteiger partial charge on any atom is 0.407 e. The summed E-state index contributed by atoms with van der Waals surface area (Å²) in [5.41, 5.74) is 2.40. The van der Waals surface area contributed by atoms with Crippen molar-refractivity contribution in [1.82, 2.24) is 9.80 Å². The normalized spacial score (nSPS) is 17.8. The maximum absolute atomic E-state index is 13.0. The van der Waals surface area contributed by atoms with Crippen LogP contribution in [0.25, 0.3) is 0 Å². The Morgan fingerprint density at radius 1 is 1.20 bits per heavy atom. The number of hydrogen-bond acceptors (Lipinski definition) is 2. The van der Waals surface area contributed by atoms with Gasteiger partial charge in [-0.3, -0.25) is 4.79 Å². The van der Waals surface area contributed by atoms with E-state index < -0.39 is 6.09 Å². The molecule has 138 valence electrons. The van der Waals surface area contributed by atoms with Crippen molar-refractivity contribution in [3.8, 4) is 0 Å². The monoisotopic (exact) mass is 346 g/mol. The Kier molecular flexibility index (Phi) is 6.45. The molecule has 1 aromatic carbocycles. The van der Waals surface area contributed by atoms with Crippen LogP contribution in [0.15, 0.2) is 24.3 Å².